The lowest BCUT2D eigenvalue weighted by atomic mass is 9.88. The zero-order chi connectivity index (χ0) is 52.7. The van der Waals surface area contributed by atoms with Crippen LogP contribution in [0.1, 0.15) is 103 Å². The van der Waals surface area contributed by atoms with Gasteiger partial charge in [0.05, 0.1) is 64.2 Å². The van der Waals surface area contributed by atoms with Gasteiger partial charge in [0.2, 0.25) is 17.7 Å². The highest BCUT2D eigenvalue weighted by molar-refractivity contribution is 5.96. The number of carbonyl (C=O) groups excluding carboxylic acids is 6. The molecule has 0 spiro atoms. The number of rotatable bonds is 38. The molecule has 3 rings (SSSR count). The van der Waals surface area contributed by atoms with Crippen molar-refractivity contribution in [1.29, 1.82) is 0 Å². The van der Waals surface area contributed by atoms with Crippen LogP contribution in [-0.2, 0) is 59.1 Å². The number of hydrazine groups is 1. The van der Waals surface area contributed by atoms with Gasteiger partial charge in [0.15, 0.2) is 16.6 Å². The Morgan fingerprint density at radius 1 is 0.861 bits per heavy atom. The molecule has 2 heterocycles. The minimum atomic E-state index is -1.19. The number of ketones is 2. The first-order chi connectivity index (χ1) is 34.7. The molecule has 23 nitrogen and oxygen atoms in total. The number of aliphatic hydroxyl groups excluding tert-OH is 1. The summed E-state index contributed by atoms with van der Waals surface area (Å²) in [5, 5.41) is 26.4. The van der Waals surface area contributed by atoms with Gasteiger partial charge in [-0.25, -0.2) is 15.1 Å². The zero-order valence-corrected chi connectivity index (χ0v) is 42.5. The predicted molar refractivity (Wildman–Crippen MR) is 265 cm³/mol. The molecule has 2 fully saturated rings. The number of hydrogen-bond acceptors (Lipinski definition) is 17. The second-order valence-corrected chi connectivity index (χ2v) is 18.4. The Hall–Kier alpha value is -5.17. The highest BCUT2D eigenvalue weighted by Crippen LogP contribution is 2.30. The molecule has 5 unspecified atom stereocenters. The van der Waals surface area contributed by atoms with Gasteiger partial charge in [-0.15, -0.1) is 0 Å². The fourth-order valence-electron chi connectivity index (χ4n) is 8.71. The summed E-state index contributed by atoms with van der Waals surface area (Å²) in [6, 6.07) is 6.64. The Morgan fingerprint density at radius 2 is 1.53 bits per heavy atom. The molecule has 1 aromatic carbocycles. The van der Waals surface area contributed by atoms with Gasteiger partial charge in [-0.3, -0.25) is 34.1 Å². The van der Waals surface area contributed by atoms with Crippen molar-refractivity contribution in [2.24, 2.45) is 34.2 Å². The van der Waals surface area contributed by atoms with E-state index in [0.717, 1.165) is 18.4 Å². The van der Waals surface area contributed by atoms with E-state index in [1.807, 2.05) is 39.0 Å². The number of nitrogens with one attached hydrogen (secondary N) is 3. The number of Topliss-reactive ketones (excluding diaryl/α,β-unsaturated/α-hetero) is 2. The van der Waals surface area contributed by atoms with E-state index in [4.69, 9.17) is 35.2 Å². The molecule has 0 radical (unpaired) electrons. The minimum Gasteiger partial charge on any atom is -0.461 e. The second kappa shape index (κ2) is 35.1. The van der Waals surface area contributed by atoms with E-state index < -0.39 is 53.2 Å². The van der Waals surface area contributed by atoms with Crippen molar-refractivity contribution in [2.75, 3.05) is 85.6 Å². The van der Waals surface area contributed by atoms with Gasteiger partial charge < -0.3 is 55.4 Å². The van der Waals surface area contributed by atoms with Gasteiger partial charge in [0, 0.05) is 51.5 Å². The molecule has 6 atom stereocenters. The van der Waals surface area contributed by atoms with Crippen LogP contribution in [0.25, 0.3) is 0 Å². The first kappa shape index (κ1) is 61.1. The van der Waals surface area contributed by atoms with Crippen LogP contribution in [-0.4, -0.2) is 171 Å². The summed E-state index contributed by atoms with van der Waals surface area (Å²) in [6.07, 6.45) is 3.72. The molecule has 8 N–H and O–H groups in total. The third-order valence-corrected chi connectivity index (χ3v) is 12.4. The van der Waals surface area contributed by atoms with Crippen molar-refractivity contribution in [3.05, 3.63) is 46.0 Å². The Labute approximate surface area is 423 Å². The average molecular weight is 1020 g/mol. The number of unbranched alkanes of at least 4 members (excludes halogenated alkanes) is 2. The number of guanidine groups is 1. The number of nitrogens with zero attached hydrogens (tertiary/aromatic N) is 4. The molecule has 0 bridgehead atoms. The largest absolute Gasteiger partial charge is 0.461 e. The van der Waals surface area contributed by atoms with Gasteiger partial charge in [0.25, 0.3) is 5.96 Å². The van der Waals surface area contributed by atoms with Crippen LogP contribution in [0.3, 0.4) is 0 Å². The number of aliphatic hydroxyl groups is 1. The number of aliphatic imine (C=N–C) groups is 1. The predicted octanol–water partition coefficient (Wildman–Crippen LogP) is 1.39. The molecule has 0 aromatic heterocycles. The zero-order valence-electron chi connectivity index (χ0n) is 42.5. The van der Waals surface area contributed by atoms with E-state index in [2.05, 4.69) is 15.6 Å². The van der Waals surface area contributed by atoms with Crippen molar-refractivity contribution in [2.45, 2.75) is 129 Å². The first-order valence-corrected chi connectivity index (χ1v) is 25.5. The highest BCUT2D eigenvalue weighted by Gasteiger charge is 2.44. The van der Waals surface area contributed by atoms with Crippen LogP contribution < -0.4 is 27.5 Å². The Kier molecular flexibility index (Phi) is 29.8. The molecule has 0 saturated carbocycles. The standard InChI is InChI=1S/C49H81N9O14/c1-4-5-7-15-37(30-42(60)45(35(2)3)54-44(62)34-71-29-27-69-25-21-52-43(61)33-70-28-26-68-24-19-50)46(63)57-23-12-18-40(57)47(64)56-22-11-17-39(56)41(59)31-38(16-10-20-53-49(51)55-58(66)67)48(65)72-32-36-13-8-6-9-14-36/h6,8-9,13-14,35,37-40,44-45,54,62H,4-5,7,10-12,15-34,50H2,1-3H3,(H,52,61)(H3,51,53,55)/t37?,38?,39?,40?,44-,45?/m0/s1. The summed E-state index contributed by atoms with van der Waals surface area (Å²) in [4.78, 5) is 100. The summed E-state index contributed by atoms with van der Waals surface area (Å²) < 4.78 is 27.1. The van der Waals surface area contributed by atoms with Crippen LogP contribution in [0.5, 0.6) is 0 Å². The van der Waals surface area contributed by atoms with Gasteiger partial charge in [-0.1, -0.05) is 75.8 Å². The van der Waals surface area contributed by atoms with Crippen molar-refractivity contribution >= 4 is 41.2 Å². The van der Waals surface area contributed by atoms with E-state index in [-0.39, 0.29) is 120 Å². The summed E-state index contributed by atoms with van der Waals surface area (Å²) in [5.74, 6) is -4.31. The molecule has 1 aromatic rings. The number of nitrogens with two attached hydrogens (primary N) is 2. The topological polar surface area (TPSA) is 319 Å². The second-order valence-electron chi connectivity index (χ2n) is 18.4. The van der Waals surface area contributed by atoms with E-state index in [1.165, 1.54) is 4.90 Å². The number of amides is 3. The Balaban J connectivity index is 1.58. The Morgan fingerprint density at radius 3 is 2.22 bits per heavy atom. The molecule has 2 aliphatic rings. The molecule has 23 heteroatoms. The van der Waals surface area contributed by atoms with Crippen LogP contribution in [0.15, 0.2) is 35.3 Å². The molecular weight excluding hydrogens is 939 g/mol. The van der Waals surface area contributed by atoms with E-state index in [0.29, 0.717) is 71.4 Å². The minimum absolute atomic E-state index is 0.00658. The van der Waals surface area contributed by atoms with Gasteiger partial charge in [0.1, 0.15) is 25.5 Å². The van der Waals surface area contributed by atoms with Crippen molar-refractivity contribution in [3.8, 4) is 0 Å². The third-order valence-electron chi connectivity index (χ3n) is 12.4. The number of nitro groups is 1. The normalized spacial score (nSPS) is 17.6. The van der Waals surface area contributed by atoms with Gasteiger partial charge in [-0.05, 0) is 56.4 Å². The highest BCUT2D eigenvalue weighted by atomic mass is 16.7. The quantitative estimate of drug-likeness (QED) is 0.0104. The van der Waals surface area contributed by atoms with Crippen molar-refractivity contribution in [1.82, 2.24) is 25.9 Å². The summed E-state index contributed by atoms with van der Waals surface area (Å²) >= 11 is 0. The number of benzene rings is 1. The third kappa shape index (κ3) is 23.1. The van der Waals surface area contributed by atoms with Crippen LogP contribution in [0, 0.1) is 27.9 Å². The Bertz CT molecular complexity index is 1840. The number of hydrogen-bond donors (Lipinski definition) is 6. The maximum absolute atomic E-state index is 14.5. The fourth-order valence-corrected chi connectivity index (χ4v) is 8.71. The number of ether oxygens (including phenoxy) is 5. The molecule has 72 heavy (non-hydrogen) atoms. The first-order valence-electron chi connectivity index (χ1n) is 25.5. The van der Waals surface area contributed by atoms with Crippen LogP contribution >= 0.6 is 0 Å². The van der Waals surface area contributed by atoms with Gasteiger partial charge >= 0.3 is 5.97 Å². The van der Waals surface area contributed by atoms with Crippen LogP contribution in [0.2, 0.25) is 0 Å². The molecule has 3 amide bonds. The van der Waals surface area contributed by atoms with E-state index in [9.17, 15) is 44.0 Å². The summed E-state index contributed by atoms with van der Waals surface area (Å²) in [5.41, 5.74) is 13.4. The molecule has 2 saturated heterocycles. The monoisotopic (exact) mass is 1020 g/mol. The van der Waals surface area contributed by atoms with E-state index in [1.54, 1.807) is 22.5 Å². The number of carbonyl (C=O) groups is 6. The molecular formula is C49H81N9O14. The smallest absolute Gasteiger partial charge is 0.309 e. The summed E-state index contributed by atoms with van der Waals surface area (Å²) in [7, 11) is 0. The fraction of sp³-hybridized carbons (Fsp3) is 0.735. The lowest BCUT2D eigenvalue weighted by molar-refractivity contribution is -0.525. The SMILES string of the molecule is CCCCCC(CC(=O)C(N[C@@H](O)COCCOCCNC(=O)COCCOCCN)C(C)C)C(=O)N1CCCC1C(=O)N1CCCC1C(=O)CC(CCCN=C(N)N[N+](=O)[O-])C(=O)OCc1ccccc1. The number of esters is 1. The molecule has 2 aliphatic heterocycles. The maximum atomic E-state index is 14.5. The maximum Gasteiger partial charge on any atom is 0.309 e. The molecule has 406 valence electrons. The summed E-state index contributed by atoms with van der Waals surface area (Å²) in [6.45, 7) is 8.52. The van der Waals surface area contributed by atoms with E-state index >= 15 is 0 Å². The van der Waals surface area contributed by atoms with Crippen molar-refractivity contribution < 1.29 is 62.6 Å². The average Bonchev–Trinajstić information content (AvgIpc) is 4.06. The van der Waals surface area contributed by atoms with Crippen LogP contribution in [0.4, 0.5) is 0 Å². The molecule has 0 aliphatic carbocycles. The lowest BCUT2D eigenvalue weighted by Gasteiger charge is -2.33. The lowest BCUT2D eigenvalue weighted by Crippen LogP contribution is -2.53. The number of likely N-dealkylation sites (tertiary alicyclic amines) is 2. The van der Waals surface area contributed by atoms with Crippen molar-refractivity contribution in [3.63, 3.8) is 0 Å². The van der Waals surface area contributed by atoms with Gasteiger partial charge in [-0.2, -0.15) is 0 Å².